The minimum absolute atomic E-state index is 0.238. The van der Waals surface area contributed by atoms with Crippen molar-refractivity contribution in [2.24, 2.45) is 0 Å². The van der Waals surface area contributed by atoms with Crippen LogP contribution in [-0.4, -0.2) is 37.0 Å². The molecule has 0 spiro atoms. The molecular weight excluding hydrogens is 416 g/mol. The zero-order valence-corrected chi connectivity index (χ0v) is 19.8. The Morgan fingerprint density at radius 3 is 1.75 bits per heavy atom. The van der Waals surface area contributed by atoms with E-state index in [9.17, 15) is 9.59 Å². The third kappa shape index (κ3) is 8.56. The average Bonchev–Trinajstić information content (AvgIpc) is 2.75. The van der Waals surface area contributed by atoms with Crippen molar-refractivity contribution in [3.8, 4) is 11.5 Å². The Kier molecular flexibility index (Phi) is 9.68. The Labute approximate surface area is 188 Å². The molecule has 32 heavy (non-hydrogen) atoms. The third-order valence-electron chi connectivity index (χ3n) is 4.03. The molecule has 0 aliphatic carbocycles. The summed E-state index contributed by atoms with van der Waals surface area (Å²) in [6.07, 6.45) is 0. The van der Waals surface area contributed by atoms with Crippen LogP contribution in [0.3, 0.4) is 0 Å². The first-order valence-corrected chi connectivity index (χ1v) is 9.90. The van der Waals surface area contributed by atoms with Crippen molar-refractivity contribution >= 4 is 11.9 Å². The Bertz CT molecular complexity index is 890. The minimum atomic E-state index is -0.757. The highest BCUT2D eigenvalue weighted by Gasteiger charge is 2.23. The van der Waals surface area contributed by atoms with Crippen LogP contribution in [0, 0.1) is 0 Å². The summed E-state index contributed by atoms with van der Waals surface area (Å²) in [5, 5.41) is 8.42. The summed E-state index contributed by atoms with van der Waals surface area (Å²) in [5.41, 5.74) is 0.784. The van der Waals surface area contributed by atoms with E-state index in [0.29, 0.717) is 22.6 Å². The topological polar surface area (TPSA) is 101 Å². The molecule has 0 radical (unpaired) electrons. The molecule has 2 aromatic rings. The van der Waals surface area contributed by atoms with Crippen LogP contribution in [0.25, 0.3) is 0 Å². The molecule has 0 saturated carbocycles. The number of methoxy groups -OCH3 is 2. The summed E-state index contributed by atoms with van der Waals surface area (Å²) in [5.74, 6) is 0.0814. The first-order chi connectivity index (χ1) is 14.8. The molecule has 0 atom stereocenters. The van der Waals surface area contributed by atoms with E-state index in [0.717, 1.165) is 5.56 Å². The molecule has 176 valence electrons. The SMILES string of the molecule is COc1ccc(C(=O)OO)c(C(C)(C)C)c1.COc1ccc(C(=O)OOC(C)(C)C)cc1. The van der Waals surface area contributed by atoms with Crippen LogP contribution in [0.1, 0.15) is 67.8 Å². The summed E-state index contributed by atoms with van der Waals surface area (Å²) in [6.45, 7) is 11.3. The van der Waals surface area contributed by atoms with Gasteiger partial charge in [-0.25, -0.2) is 9.59 Å². The maximum absolute atomic E-state index is 11.5. The number of carbonyl (C=O) groups excluding carboxylic acids is 2. The Morgan fingerprint density at radius 2 is 1.31 bits per heavy atom. The van der Waals surface area contributed by atoms with Gasteiger partial charge in [0.1, 0.15) is 17.1 Å². The summed E-state index contributed by atoms with van der Waals surface area (Å²) in [6, 6.07) is 11.6. The monoisotopic (exact) mass is 448 g/mol. The van der Waals surface area contributed by atoms with E-state index < -0.39 is 17.5 Å². The molecule has 0 fully saturated rings. The summed E-state index contributed by atoms with van der Waals surface area (Å²) in [4.78, 5) is 36.2. The summed E-state index contributed by atoms with van der Waals surface area (Å²) < 4.78 is 10.1. The van der Waals surface area contributed by atoms with E-state index in [4.69, 9.17) is 19.6 Å². The Hall–Kier alpha value is -3.10. The maximum Gasteiger partial charge on any atom is 0.373 e. The van der Waals surface area contributed by atoms with Crippen LogP contribution in [0.4, 0.5) is 0 Å². The zero-order chi connectivity index (χ0) is 24.5. The quantitative estimate of drug-likeness (QED) is 0.492. The number of hydrogen-bond donors (Lipinski definition) is 1. The molecule has 2 rings (SSSR count). The zero-order valence-electron chi connectivity index (χ0n) is 19.8. The van der Waals surface area contributed by atoms with Crippen molar-refractivity contribution in [1.82, 2.24) is 0 Å². The fourth-order valence-corrected chi connectivity index (χ4v) is 2.44. The predicted octanol–water partition coefficient (Wildman–Crippen LogP) is 5.20. The smallest absolute Gasteiger partial charge is 0.373 e. The first kappa shape index (κ1) is 26.9. The lowest BCUT2D eigenvalue weighted by molar-refractivity contribution is -0.301. The lowest BCUT2D eigenvalue weighted by Gasteiger charge is -2.22. The highest BCUT2D eigenvalue weighted by molar-refractivity contribution is 5.91. The van der Waals surface area contributed by atoms with Gasteiger partial charge in [0, 0.05) is 0 Å². The van der Waals surface area contributed by atoms with Gasteiger partial charge in [0.25, 0.3) is 0 Å². The molecular formula is C24H32O8. The Morgan fingerprint density at radius 1 is 0.781 bits per heavy atom. The van der Waals surface area contributed by atoms with Crippen molar-refractivity contribution < 1.29 is 39.0 Å². The molecule has 1 N–H and O–H groups in total. The molecule has 0 unspecified atom stereocenters. The Balaban J connectivity index is 0.000000320. The number of hydrogen-bond acceptors (Lipinski definition) is 8. The molecule has 8 nitrogen and oxygen atoms in total. The van der Waals surface area contributed by atoms with Gasteiger partial charge in [-0.2, -0.15) is 10.1 Å². The van der Waals surface area contributed by atoms with E-state index in [1.807, 2.05) is 20.8 Å². The normalized spacial score (nSPS) is 11.0. The average molecular weight is 449 g/mol. The van der Waals surface area contributed by atoms with Crippen molar-refractivity contribution in [3.05, 3.63) is 59.2 Å². The number of ether oxygens (including phenoxy) is 2. The van der Waals surface area contributed by atoms with E-state index in [-0.39, 0.29) is 5.41 Å². The second-order valence-electron chi connectivity index (χ2n) is 8.84. The van der Waals surface area contributed by atoms with Gasteiger partial charge in [-0.3, -0.25) is 9.78 Å². The second-order valence-corrected chi connectivity index (χ2v) is 8.84. The molecule has 8 heteroatoms. The van der Waals surface area contributed by atoms with E-state index in [2.05, 4.69) is 9.78 Å². The number of benzene rings is 2. The standard InChI is InChI=1S/2C12H16O4/c1-12(2,3)16-15-11(13)9-5-7-10(14-4)8-6-9;1-12(2,3)10-7-8(15-4)5-6-9(10)11(13)16-14/h5-8H,1-4H3;5-7,14H,1-4H3. The largest absolute Gasteiger partial charge is 0.497 e. The molecule has 0 heterocycles. The highest BCUT2D eigenvalue weighted by atomic mass is 17.2. The van der Waals surface area contributed by atoms with Crippen molar-refractivity contribution in [3.63, 3.8) is 0 Å². The lowest BCUT2D eigenvalue weighted by atomic mass is 9.83. The van der Waals surface area contributed by atoms with Gasteiger partial charge in [-0.1, -0.05) is 20.8 Å². The van der Waals surface area contributed by atoms with Gasteiger partial charge < -0.3 is 9.47 Å². The van der Waals surface area contributed by atoms with Gasteiger partial charge >= 0.3 is 11.9 Å². The van der Waals surface area contributed by atoms with Crippen LogP contribution in [-0.2, 0) is 20.1 Å². The fraction of sp³-hybridized carbons (Fsp3) is 0.417. The maximum atomic E-state index is 11.5. The van der Waals surface area contributed by atoms with Gasteiger partial charge in [0.2, 0.25) is 0 Å². The molecule has 2 aromatic carbocycles. The van der Waals surface area contributed by atoms with E-state index >= 15 is 0 Å². The fourth-order valence-electron chi connectivity index (χ4n) is 2.44. The van der Waals surface area contributed by atoms with E-state index in [1.165, 1.54) is 0 Å². The first-order valence-electron chi connectivity index (χ1n) is 9.90. The van der Waals surface area contributed by atoms with Crippen molar-refractivity contribution in [2.45, 2.75) is 52.6 Å². The number of carbonyl (C=O) groups is 2. The van der Waals surface area contributed by atoms with Crippen LogP contribution < -0.4 is 9.47 Å². The highest BCUT2D eigenvalue weighted by Crippen LogP contribution is 2.29. The molecule has 0 aliphatic rings. The molecule has 0 bridgehead atoms. The summed E-state index contributed by atoms with van der Waals surface area (Å²) >= 11 is 0. The second kappa shape index (κ2) is 11.5. The van der Waals surface area contributed by atoms with E-state index in [1.54, 1.807) is 77.5 Å². The van der Waals surface area contributed by atoms with Crippen LogP contribution in [0.5, 0.6) is 11.5 Å². The molecule has 0 aromatic heterocycles. The van der Waals surface area contributed by atoms with Crippen molar-refractivity contribution in [1.29, 1.82) is 0 Å². The molecule has 0 aliphatic heterocycles. The van der Waals surface area contributed by atoms with Crippen LogP contribution >= 0.6 is 0 Å². The molecule has 0 saturated heterocycles. The van der Waals surface area contributed by atoms with Gasteiger partial charge in [0.15, 0.2) is 0 Å². The van der Waals surface area contributed by atoms with Gasteiger partial charge in [-0.15, -0.1) is 0 Å². The summed E-state index contributed by atoms with van der Waals surface area (Å²) in [7, 11) is 3.13. The number of rotatable bonds is 5. The van der Waals surface area contributed by atoms with Crippen LogP contribution in [0.15, 0.2) is 42.5 Å². The molecule has 0 amide bonds. The van der Waals surface area contributed by atoms with Gasteiger partial charge in [-0.05, 0) is 74.2 Å². The van der Waals surface area contributed by atoms with Gasteiger partial charge in [0.05, 0.1) is 25.3 Å². The lowest BCUT2D eigenvalue weighted by Crippen LogP contribution is -2.21. The van der Waals surface area contributed by atoms with Crippen LogP contribution in [0.2, 0.25) is 0 Å². The minimum Gasteiger partial charge on any atom is -0.497 e. The third-order valence-corrected chi connectivity index (χ3v) is 4.03. The predicted molar refractivity (Wildman–Crippen MR) is 119 cm³/mol. The van der Waals surface area contributed by atoms with Crippen molar-refractivity contribution in [2.75, 3.05) is 14.2 Å².